The Morgan fingerprint density at radius 3 is 2.48 bits per heavy atom. The summed E-state index contributed by atoms with van der Waals surface area (Å²) in [5.74, 6) is -1.09. The Hall–Kier alpha value is -1.04. The van der Waals surface area contributed by atoms with E-state index in [0.29, 0.717) is 30.9 Å². The molecule has 1 aromatic rings. The third kappa shape index (κ3) is 3.73. The van der Waals surface area contributed by atoms with E-state index in [9.17, 15) is 9.18 Å². The van der Waals surface area contributed by atoms with Crippen LogP contribution >= 0.6 is 23.2 Å². The van der Waals surface area contributed by atoms with Gasteiger partial charge in [-0.2, -0.15) is 0 Å². The first kappa shape index (κ1) is 16.8. The second-order valence-electron chi connectivity index (χ2n) is 6.34. The number of amides is 1. The van der Waals surface area contributed by atoms with E-state index in [1.807, 2.05) is 18.7 Å². The van der Waals surface area contributed by atoms with Gasteiger partial charge in [-0.3, -0.25) is 4.79 Å². The lowest BCUT2D eigenvalue weighted by atomic mass is 10.2. The molecule has 3 rings (SSSR count). The molecule has 126 valence electrons. The van der Waals surface area contributed by atoms with Crippen LogP contribution in [0, 0.1) is 11.7 Å². The van der Waals surface area contributed by atoms with Crippen molar-refractivity contribution in [2.24, 2.45) is 5.92 Å². The van der Waals surface area contributed by atoms with E-state index in [4.69, 9.17) is 27.9 Å². The lowest BCUT2D eigenvalue weighted by Crippen LogP contribution is -2.45. The number of nitrogens with zero attached hydrogens (tertiary/aromatic N) is 1. The highest BCUT2D eigenvalue weighted by Crippen LogP contribution is 2.53. The van der Waals surface area contributed by atoms with Crippen molar-refractivity contribution in [3.8, 4) is 0 Å². The smallest absolute Gasteiger partial charge is 0.230 e. The number of hydrogen-bond donors (Lipinski definition) is 1. The van der Waals surface area contributed by atoms with Gasteiger partial charge in [-0.05, 0) is 38.5 Å². The van der Waals surface area contributed by atoms with E-state index in [1.165, 1.54) is 6.07 Å². The summed E-state index contributed by atoms with van der Waals surface area (Å²) in [6.45, 7) is 5.21. The summed E-state index contributed by atoms with van der Waals surface area (Å²) in [5.41, 5.74) is 0.919. The van der Waals surface area contributed by atoms with Gasteiger partial charge in [-0.25, -0.2) is 4.39 Å². The maximum Gasteiger partial charge on any atom is 0.230 e. The van der Waals surface area contributed by atoms with Gasteiger partial charge in [0, 0.05) is 18.8 Å². The number of carbonyl (C=O) groups is 1. The number of halogens is 3. The van der Waals surface area contributed by atoms with Crippen LogP contribution in [0.25, 0.3) is 0 Å². The molecular formula is C16H19Cl2FN2O2. The lowest BCUT2D eigenvalue weighted by molar-refractivity contribution is -0.117. The summed E-state index contributed by atoms with van der Waals surface area (Å²) in [6.07, 6.45) is 0.521. The van der Waals surface area contributed by atoms with Gasteiger partial charge in [0.2, 0.25) is 5.91 Å². The van der Waals surface area contributed by atoms with Crippen molar-refractivity contribution in [2.75, 3.05) is 23.3 Å². The molecule has 2 fully saturated rings. The summed E-state index contributed by atoms with van der Waals surface area (Å²) in [4.78, 5) is 13.9. The number of rotatable bonds is 3. The number of alkyl halides is 2. The van der Waals surface area contributed by atoms with Crippen molar-refractivity contribution >= 4 is 40.5 Å². The monoisotopic (exact) mass is 360 g/mol. The summed E-state index contributed by atoms with van der Waals surface area (Å²) >= 11 is 11.7. The fourth-order valence-corrected chi connectivity index (χ4v) is 3.45. The van der Waals surface area contributed by atoms with Crippen LogP contribution in [0.1, 0.15) is 20.3 Å². The van der Waals surface area contributed by atoms with Crippen LogP contribution in [0.15, 0.2) is 18.2 Å². The molecule has 1 saturated carbocycles. The Bertz CT molecular complexity index is 616. The van der Waals surface area contributed by atoms with Crippen LogP contribution in [0.2, 0.25) is 0 Å². The van der Waals surface area contributed by atoms with Gasteiger partial charge in [-0.15, -0.1) is 23.2 Å². The predicted octanol–water partition coefficient (Wildman–Crippen LogP) is 3.57. The summed E-state index contributed by atoms with van der Waals surface area (Å²) in [5, 5.41) is 2.66. The molecule has 3 unspecified atom stereocenters. The van der Waals surface area contributed by atoms with Crippen LogP contribution in [-0.4, -0.2) is 35.5 Å². The van der Waals surface area contributed by atoms with Gasteiger partial charge in [0.1, 0.15) is 10.2 Å². The molecule has 0 bridgehead atoms. The number of morpholine rings is 1. The second kappa shape index (κ2) is 6.11. The molecule has 1 N–H and O–H groups in total. The third-order valence-corrected chi connectivity index (χ3v) is 4.95. The minimum atomic E-state index is -0.983. The van der Waals surface area contributed by atoms with Crippen LogP contribution in [0.3, 0.4) is 0 Å². The number of benzene rings is 1. The first-order valence-corrected chi connectivity index (χ1v) is 8.40. The van der Waals surface area contributed by atoms with Crippen molar-refractivity contribution in [1.82, 2.24) is 0 Å². The highest BCUT2D eigenvalue weighted by atomic mass is 35.5. The van der Waals surface area contributed by atoms with E-state index in [0.717, 1.165) is 0 Å². The minimum absolute atomic E-state index is 0.0490. The van der Waals surface area contributed by atoms with Gasteiger partial charge < -0.3 is 15.0 Å². The first-order valence-electron chi connectivity index (χ1n) is 7.65. The number of nitrogens with one attached hydrogen (secondary N) is 1. The van der Waals surface area contributed by atoms with Crippen molar-refractivity contribution in [3.05, 3.63) is 24.0 Å². The quantitative estimate of drug-likeness (QED) is 0.837. The van der Waals surface area contributed by atoms with Crippen molar-refractivity contribution in [2.45, 2.75) is 36.8 Å². The van der Waals surface area contributed by atoms with E-state index in [-0.39, 0.29) is 23.9 Å². The molecule has 0 spiro atoms. The Morgan fingerprint density at radius 1 is 1.35 bits per heavy atom. The Kier molecular flexibility index (Phi) is 4.47. The molecule has 1 heterocycles. The topological polar surface area (TPSA) is 41.6 Å². The second-order valence-corrected chi connectivity index (χ2v) is 7.88. The van der Waals surface area contributed by atoms with Gasteiger partial charge >= 0.3 is 0 Å². The van der Waals surface area contributed by atoms with E-state index >= 15 is 0 Å². The molecule has 0 aromatic heterocycles. The van der Waals surface area contributed by atoms with Crippen molar-refractivity contribution in [3.63, 3.8) is 0 Å². The maximum absolute atomic E-state index is 14.4. The largest absolute Gasteiger partial charge is 0.372 e. The summed E-state index contributed by atoms with van der Waals surface area (Å²) in [7, 11) is 0. The average molecular weight is 361 g/mol. The standard InChI is InChI=1S/C16H19Cl2FN2O2/c1-9-7-21(8-10(2)23-9)14-4-3-11(5-13(14)19)20-15(22)12-6-16(12,17)18/h3-5,9-10,12H,6-8H2,1-2H3,(H,20,22). The van der Waals surface area contributed by atoms with Crippen molar-refractivity contribution < 1.29 is 13.9 Å². The molecule has 3 atom stereocenters. The van der Waals surface area contributed by atoms with Crippen LogP contribution in [0.4, 0.5) is 15.8 Å². The predicted molar refractivity (Wildman–Crippen MR) is 89.8 cm³/mol. The SMILES string of the molecule is CC1CN(c2ccc(NC(=O)C3CC3(Cl)Cl)cc2F)CC(C)O1. The Morgan fingerprint density at radius 2 is 1.96 bits per heavy atom. The zero-order chi connectivity index (χ0) is 16.8. The molecular weight excluding hydrogens is 342 g/mol. The molecule has 0 radical (unpaired) electrons. The zero-order valence-corrected chi connectivity index (χ0v) is 14.5. The van der Waals surface area contributed by atoms with Gasteiger partial charge in [-0.1, -0.05) is 0 Å². The van der Waals surface area contributed by atoms with Gasteiger partial charge in [0.25, 0.3) is 0 Å². The Balaban J connectivity index is 1.69. The fourth-order valence-electron chi connectivity index (χ4n) is 2.94. The summed E-state index contributed by atoms with van der Waals surface area (Å²) in [6, 6.07) is 4.69. The minimum Gasteiger partial charge on any atom is -0.372 e. The number of anilines is 2. The van der Waals surface area contributed by atoms with Gasteiger partial charge in [0.15, 0.2) is 0 Å². The van der Waals surface area contributed by atoms with E-state index in [2.05, 4.69) is 5.32 Å². The first-order chi connectivity index (χ1) is 10.8. The molecule has 4 nitrogen and oxygen atoms in total. The molecule has 1 aromatic carbocycles. The normalized spacial score (nSPS) is 29.3. The average Bonchev–Trinajstić information content (AvgIpc) is 3.07. The van der Waals surface area contributed by atoms with Crippen LogP contribution < -0.4 is 10.2 Å². The van der Waals surface area contributed by atoms with E-state index < -0.39 is 10.3 Å². The highest BCUT2D eigenvalue weighted by Gasteiger charge is 2.56. The maximum atomic E-state index is 14.4. The highest BCUT2D eigenvalue weighted by molar-refractivity contribution is 6.52. The summed E-state index contributed by atoms with van der Waals surface area (Å²) < 4.78 is 19.1. The van der Waals surface area contributed by atoms with Crippen LogP contribution in [-0.2, 0) is 9.53 Å². The number of hydrogen-bond acceptors (Lipinski definition) is 3. The zero-order valence-electron chi connectivity index (χ0n) is 13.0. The lowest BCUT2D eigenvalue weighted by Gasteiger charge is -2.37. The fraction of sp³-hybridized carbons (Fsp3) is 0.562. The van der Waals surface area contributed by atoms with Gasteiger partial charge in [0.05, 0.1) is 23.8 Å². The molecule has 2 aliphatic rings. The number of carbonyl (C=O) groups excluding carboxylic acids is 1. The Labute approximate surface area is 144 Å². The third-order valence-electron chi connectivity index (χ3n) is 4.12. The number of ether oxygens (including phenoxy) is 1. The van der Waals surface area contributed by atoms with E-state index in [1.54, 1.807) is 12.1 Å². The molecule has 1 aliphatic carbocycles. The molecule has 1 aliphatic heterocycles. The molecule has 1 amide bonds. The molecule has 1 saturated heterocycles. The molecule has 7 heteroatoms. The molecule has 23 heavy (non-hydrogen) atoms. The van der Waals surface area contributed by atoms with Crippen molar-refractivity contribution in [1.29, 1.82) is 0 Å². The van der Waals surface area contributed by atoms with Crippen LogP contribution in [0.5, 0.6) is 0 Å².